The average Bonchev–Trinajstić information content (AvgIpc) is 3.40. The monoisotopic (exact) mass is 359 g/mol. The number of methoxy groups -OCH3 is 1. The molecule has 0 bridgehead atoms. The predicted molar refractivity (Wildman–Crippen MR) is 90.8 cm³/mol. The van der Waals surface area contributed by atoms with Gasteiger partial charge in [0.05, 0.1) is 18.7 Å². The number of fused-ring (bicyclic) bond motifs is 1. The van der Waals surface area contributed by atoms with Crippen molar-refractivity contribution in [2.75, 3.05) is 13.7 Å². The topological polar surface area (TPSA) is 104 Å². The lowest BCUT2D eigenvalue weighted by atomic mass is 9.96. The number of nitrogens with zero attached hydrogens (tertiary/aromatic N) is 1. The highest BCUT2D eigenvalue weighted by Gasteiger charge is 2.63. The van der Waals surface area contributed by atoms with Crippen molar-refractivity contribution in [3.8, 4) is 11.6 Å². The fourth-order valence-corrected chi connectivity index (χ4v) is 3.59. The zero-order valence-corrected chi connectivity index (χ0v) is 14.1. The summed E-state index contributed by atoms with van der Waals surface area (Å²) >= 11 is 0. The van der Waals surface area contributed by atoms with Gasteiger partial charge in [0.25, 0.3) is 11.8 Å². The highest BCUT2D eigenvalue weighted by molar-refractivity contribution is 6.01. The van der Waals surface area contributed by atoms with Crippen LogP contribution in [0.2, 0.25) is 0 Å². The lowest BCUT2D eigenvalue weighted by Crippen LogP contribution is -2.36. The molecule has 7 nitrogen and oxygen atoms in total. The second kappa shape index (κ2) is 5.82. The summed E-state index contributed by atoms with van der Waals surface area (Å²) in [5, 5.41) is 4.02. The number of carbonyl (C=O) groups excluding carboxylic acids is 2. The van der Waals surface area contributed by atoms with Gasteiger partial charge in [-0.15, -0.1) is 0 Å². The van der Waals surface area contributed by atoms with Gasteiger partial charge in [0.15, 0.2) is 6.17 Å². The van der Waals surface area contributed by atoms with Crippen molar-refractivity contribution in [2.45, 2.75) is 25.1 Å². The Labute approximate surface area is 148 Å². The molecule has 2 heterocycles. The van der Waals surface area contributed by atoms with Gasteiger partial charge in [0.1, 0.15) is 12.4 Å². The van der Waals surface area contributed by atoms with Gasteiger partial charge in [-0.1, -0.05) is 0 Å². The molecule has 1 aromatic heterocycles. The first-order valence-electron chi connectivity index (χ1n) is 8.30. The number of rotatable bonds is 5. The van der Waals surface area contributed by atoms with Gasteiger partial charge in [-0.3, -0.25) is 9.59 Å². The molecule has 1 saturated carbocycles. The molecular formula is C18H18FN3O4. The average molecular weight is 359 g/mol. The first-order chi connectivity index (χ1) is 12.5. The van der Waals surface area contributed by atoms with E-state index in [1.54, 1.807) is 24.4 Å². The van der Waals surface area contributed by atoms with Crippen molar-refractivity contribution < 1.29 is 23.5 Å². The van der Waals surface area contributed by atoms with E-state index in [0.29, 0.717) is 35.2 Å². The molecule has 1 aliphatic carbocycles. The number of amides is 2. The molecule has 2 aliphatic rings. The Hall–Kier alpha value is -2.90. The van der Waals surface area contributed by atoms with Crippen LogP contribution in [0, 0.1) is 5.41 Å². The lowest BCUT2D eigenvalue weighted by Gasteiger charge is -2.19. The Bertz CT molecular complexity index is 913. The van der Waals surface area contributed by atoms with Crippen LogP contribution in [-0.4, -0.2) is 42.7 Å². The molecule has 1 spiro atoms. The third-order valence-corrected chi connectivity index (χ3v) is 5.27. The van der Waals surface area contributed by atoms with E-state index in [0.717, 1.165) is 0 Å². The van der Waals surface area contributed by atoms with Gasteiger partial charge in [-0.2, -0.15) is 0 Å². The first-order valence-corrected chi connectivity index (χ1v) is 8.30. The lowest BCUT2D eigenvalue weighted by molar-refractivity contribution is -0.124. The number of alkyl halides is 1. The Kier molecular flexibility index (Phi) is 3.71. The summed E-state index contributed by atoms with van der Waals surface area (Å²) in [6, 6.07) is 4.60. The summed E-state index contributed by atoms with van der Waals surface area (Å²) < 4.78 is 25.1. The van der Waals surface area contributed by atoms with Crippen LogP contribution in [0.1, 0.15) is 23.2 Å². The van der Waals surface area contributed by atoms with Gasteiger partial charge < -0.3 is 20.5 Å². The number of hydrogen-bond donors (Lipinski definition) is 2. The number of halogens is 1. The Morgan fingerprint density at radius 2 is 2.23 bits per heavy atom. The number of ether oxygens (including phenoxy) is 2. The number of hydrogen-bond acceptors (Lipinski definition) is 5. The van der Waals surface area contributed by atoms with Crippen LogP contribution in [0.4, 0.5) is 4.39 Å². The molecule has 2 fully saturated rings. The van der Waals surface area contributed by atoms with Crippen LogP contribution in [0.5, 0.6) is 11.6 Å². The van der Waals surface area contributed by atoms with E-state index in [-0.39, 0.29) is 18.2 Å². The number of primary amides is 1. The minimum Gasteiger partial charge on any atom is -0.496 e. The second-order valence-corrected chi connectivity index (χ2v) is 6.72. The highest BCUT2D eigenvalue weighted by atomic mass is 19.1. The number of benzene rings is 1. The number of nitrogens with two attached hydrogens (primary N) is 1. The van der Waals surface area contributed by atoms with Crippen molar-refractivity contribution in [3.63, 3.8) is 0 Å². The van der Waals surface area contributed by atoms with Crippen LogP contribution in [0.25, 0.3) is 10.8 Å². The molecule has 0 unspecified atom stereocenters. The van der Waals surface area contributed by atoms with Crippen molar-refractivity contribution >= 4 is 22.6 Å². The van der Waals surface area contributed by atoms with E-state index < -0.39 is 23.4 Å². The Balaban J connectivity index is 1.63. The van der Waals surface area contributed by atoms with Crippen LogP contribution in [0.3, 0.4) is 0 Å². The first kappa shape index (κ1) is 16.6. The molecule has 136 valence electrons. The standard InChI is InChI=1S/C18H18FN3O4/c1-25-12-7-10-9(6-11(12)15(20)23)2-5-21-17(10)26-8-13-18(3-4-18)14(19)16(24)22-13/h2,5-7,13-14H,3-4,8H2,1H3,(H2,20,23)(H,22,24)/t13-,14-/m0/s1. The van der Waals surface area contributed by atoms with E-state index in [2.05, 4.69) is 10.3 Å². The number of pyridine rings is 1. The maximum absolute atomic E-state index is 14.1. The Morgan fingerprint density at radius 3 is 2.88 bits per heavy atom. The van der Waals surface area contributed by atoms with E-state index >= 15 is 0 Å². The van der Waals surface area contributed by atoms with Crippen LogP contribution < -0.4 is 20.5 Å². The zero-order chi connectivity index (χ0) is 18.5. The smallest absolute Gasteiger partial charge is 0.255 e. The van der Waals surface area contributed by atoms with Crippen molar-refractivity contribution in [2.24, 2.45) is 11.1 Å². The minimum atomic E-state index is -1.48. The molecule has 1 aliphatic heterocycles. The number of aromatic nitrogens is 1. The maximum Gasteiger partial charge on any atom is 0.255 e. The normalized spacial score (nSPS) is 23.1. The Morgan fingerprint density at radius 1 is 1.46 bits per heavy atom. The number of carbonyl (C=O) groups is 2. The van der Waals surface area contributed by atoms with Gasteiger partial charge in [0, 0.05) is 17.0 Å². The molecule has 26 heavy (non-hydrogen) atoms. The molecule has 4 rings (SSSR count). The van der Waals surface area contributed by atoms with E-state index in [9.17, 15) is 14.0 Å². The SMILES string of the molecule is COc1cc2c(OC[C@@H]3NC(=O)[C@H](F)C34CC4)nccc2cc1C(N)=O. The molecule has 1 saturated heterocycles. The molecule has 0 radical (unpaired) electrons. The quantitative estimate of drug-likeness (QED) is 0.838. The molecular weight excluding hydrogens is 341 g/mol. The minimum absolute atomic E-state index is 0.123. The molecule has 1 aromatic carbocycles. The van der Waals surface area contributed by atoms with Crippen molar-refractivity contribution in [1.29, 1.82) is 0 Å². The fraction of sp³-hybridized carbons (Fsp3) is 0.389. The molecule has 3 N–H and O–H groups in total. The highest BCUT2D eigenvalue weighted by Crippen LogP contribution is 2.55. The van der Waals surface area contributed by atoms with Crippen LogP contribution >= 0.6 is 0 Å². The molecule has 2 aromatic rings. The maximum atomic E-state index is 14.1. The van der Waals surface area contributed by atoms with Gasteiger partial charge in [-0.05, 0) is 36.4 Å². The van der Waals surface area contributed by atoms with Gasteiger partial charge in [-0.25, -0.2) is 9.37 Å². The van der Waals surface area contributed by atoms with Crippen LogP contribution in [0.15, 0.2) is 24.4 Å². The summed E-state index contributed by atoms with van der Waals surface area (Å²) in [7, 11) is 1.44. The summed E-state index contributed by atoms with van der Waals surface area (Å²) in [5.74, 6) is -0.528. The van der Waals surface area contributed by atoms with Crippen molar-refractivity contribution in [3.05, 3.63) is 30.0 Å². The van der Waals surface area contributed by atoms with Crippen LogP contribution in [-0.2, 0) is 4.79 Å². The molecule has 2 amide bonds. The van der Waals surface area contributed by atoms with Gasteiger partial charge >= 0.3 is 0 Å². The summed E-state index contributed by atoms with van der Waals surface area (Å²) in [4.78, 5) is 27.4. The predicted octanol–water partition coefficient (Wildman–Crippen LogP) is 1.34. The summed E-state index contributed by atoms with van der Waals surface area (Å²) in [6.07, 6.45) is 1.40. The zero-order valence-electron chi connectivity index (χ0n) is 14.1. The fourth-order valence-electron chi connectivity index (χ4n) is 3.59. The molecule has 2 atom stereocenters. The van der Waals surface area contributed by atoms with E-state index in [1.165, 1.54) is 7.11 Å². The van der Waals surface area contributed by atoms with Crippen molar-refractivity contribution in [1.82, 2.24) is 10.3 Å². The van der Waals surface area contributed by atoms with E-state index in [4.69, 9.17) is 15.2 Å². The number of nitrogens with one attached hydrogen (secondary N) is 1. The molecule has 8 heteroatoms. The van der Waals surface area contributed by atoms with Gasteiger partial charge in [0.2, 0.25) is 5.88 Å². The summed E-state index contributed by atoms with van der Waals surface area (Å²) in [5.41, 5.74) is 5.00. The second-order valence-electron chi connectivity index (χ2n) is 6.72. The van der Waals surface area contributed by atoms with E-state index in [1.807, 2.05) is 0 Å². The summed E-state index contributed by atoms with van der Waals surface area (Å²) in [6.45, 7) is 0.123. The third-order valence-electron chi connectivity index (χ3n) is 5.27. The third kappa shape index (κ3) is 2.44. The largest absolute Gasteiger partial charge is 0.496 e.